The van der Waals surface area contributed by atoms with Crippen LogP contribution >= 0.6 is 11.3 Å². The van der Waals surface area contributed by atoms with Crippen molar-refractivity contribution in [3.8, 4) is 0 Å². The molecule has 0 unspecified atom stereocenters. The zero-order chi connectivity index (χ0) is 18.6. The minimum absolute atomic E-state index is 0.230. The molecule has 1 amide bonds. The molecule has 0 spiro atoms. The lowest BCUT2D eigenvalue weighted by molar-refractivity contribution is 0.00578. The van der Waals surface area contributed by atoms with Gasteiger partial charge in [0.2, 0.25) is 0 Å². The van der Waals surface area contributed by atoms with E-state index in [9.17, 15) is 4.79 Å². The van der Waals surface area contributed by atoms with Crippen LogP contribution in [-0.4, -0.2) is 48.0 Å². The molecule has 1 aromatic rings. The first-order valence-electron chi connectivity index (χ1n) is 8.81. The van der Waals surface area contributed by atoms with E-state index in [1.165, 1.54) is 4.88 Å². The van der Waals surface area contributed by atoms with E-state index in [0.29, 0.717) is 19.0 Å². The van der Waals surface area contributed by atoms with Crippen LogP contribution in [0.5, 0.6) is 0 Å². The van der Waals surface area contributed by atoms with Crippen LogP contribution in [0.4, 0.5) is 4.79 Å². The summed E-state index contributed by atoms with van der Waals surface area (Å²) < 4.78 is 18.7. The van der Waals surface area contributed by atoms with Gasteiger partial charge in [-0.05, 0) is 54.5 Å². The van der Waals surface area contributed by atoms with Crippen LogP contribution in [0.3, 0.4) is 0 Å². The Morgan fingerprint density at radius 2 is 1.76 bits per heavy atom. The largest absolute Gasteiger partial charge is 0.505 e. The van der Waals surface area contributed by atoms with Gasteiger partial charge in [-0.3, -0.25) is 0 Å². The summed E-state index contributed by atoms with van der Waals surface area (Å²) in [6, 6.07) is 4.21. The zero-order valence-corrected chi connectivity index (χ0v) is 17.0. The van der Waals surface area contributed by atoms with E-state index in [1.807, 2.05) is 20.8 Å². The maximum atomic E-state index is 12.0. The molecular formula is C18H28BNO4S. The molecule has 0 saturated carbocycles. The summed E-state index contributed by atoms with van der Waals surface area (Å²) in [7, 11) is -0.314. The Bertz CT molecular complexity index is 642. The Morgan fingerprint density at radius 3 is 2.28 bits per heavy atom. The predicted molar refractivity (Wildman–Crippen MR) is 101 cm³/mol. The lowest BCUT2D eigenvalue weighted by atomic mass is 9.88. The molecule has 2 aliphatic rings. The number of hydrogen-bond donors (Lipinski definition) is 0. The van der Waals surface area contributed by atoms with Crippen molar-refractivity contribution < 1.29 is 18.8 Å². The number of carbonyl (C=O) groups is 1. The van der Waals surface area contributed by atoms with Crippen molar-refractivity contribution in [3.05, 3.63) is 17.0 Å². The fourth-order valence-electron chi connectivity index (χ4n) is 2.81. The predicted octanol–water partition coefficient (Wildman–Crippen LogP) is 3.38. The molecule has 0 aliphatic carbocycles. The fraction of sp³-hybridized carbons (Fsp3) is 0.722. The average molecular weight is 365 g/mol. The number of carbonyl (C=O) groups excluding carboxylic acids is 1. The molecule has 5 nitrogen and oxygen atoms in total. The molecule has 25 heavy (non-hydrogen) atoms. The molecule has 3 heterocycles. The monoisotopic (exact) mass is 365 g/mol. The summed E-state index contributed by atoms with van der Waals surface area (Å²) >= 11 is 1.71. The van der Waals surface area contributed by atoms with Crippen molar-refractivity contribution in [2.24, 2.45) is 0 Å². The summed E-state index contributed by atoms with van der Waals surface area (Å²) in [6.45, 7) is 15.3. The number of ether oxygens (including phenoxy) is 1. The van der Waals surface area contributed by atoms with Gasteiger partial charge in [0.25, 0.3) is 0 Å². The third kappa shape index (κ3) is 3.73. The minimum atomic E-state index is -0.449. The van der Waals surface area contributed by atoms with Gasteiger partial charge in [0, 0.05) is 28.7 Å². The molecule has 0 bridgehead atoms. The van der Waals surface area contributed by atoms with Gasteiger partial charge >= 0.3 is 13.2 Å². The van der Waals surface area contributed by atoms with E-state index in [0.717, 1.165) is 4.78 Å². The van der Waals surface area contributed by atoms with Gasteiger partial charge in [-0.15, -0.1) is 11.3 Å². The smallest absolute Gasteiger partial charge is 0.444 e. The molecular weight excluding hydrogens is 337 g/mol. The second kappa shape index (κ2) is 6.00. The van der Waals surface area contributed by atoms with Crippen LogP contribution < -0.4 is 4.78 Å². The Balaban J connectivity index is 1.59. The van der Waals surface area contributed by atoms with Gasteiger partial charge in [0.1, 0.15) is 5.60 Å². The Labute approximate surface area is 154 Å². The van der Waals surface area contributed by atoms with Crippen molar-refractivity contribution in [3.63, 3.8) is 0 Å². The topological polar surface area (TPSA) is 48.0 Å². The van der Waals surface area contributed by atoms with E-state index in [4.69, 9.17) is 14.0 Å². The summed E-state index contributed by atoms with van der Waals surface area (Å²) in [6.07, 6.45) is -0.230. The highest BCUT2D eigenvalue weighted by atomic mass is 32.1. The molecule has 2 saturated heterocycles. The Morgan fingerprint density at radius 1 is 1.20 bits per heavy atom. The second-order valence-corrected chi connectivity index (χ2v) is 10.1. The number of thiophene rings is 1. The number of hydrogen-bond acceptors (Lipinski definition) is 5. The molecule has 2 fully saturated rings. The molecule has 3 rings (SSSR count). The first kappa shape index (κ1) is 18.7. The van der Waals surface area contributed by atoms with Gasteiger partial charge in [0.15, 0.2) is 0 Å². The SMILES string of the molecule is CC(C)(C)OC(=O)N1CC(c2ccc(B3OC(C)(C)C(C)(C)O3)s2)C1. The molecule has 2 aliphatic heterocycles. The van der Waals surface area contributed by atoms with Gasteiger partial charge in [0.05, 0.1) is 11.2 Å². The van der Waals surface area contributed by atoms with E-state index < -0.39 is 5.60 Å². The molecule has 7 heteroatoms. The maximum Gasteiger partial charge on any atom is 0.505 e. The molecule has 0 aromatic carbocycles. The normalized spacial score (nSPS) is 22.8. The van der Waals surface area contributed by atoms with Crippen LogP contribution in [0.25, 0.3) is 0 Å². The van der Waals surface area contributed by atoms with Crippen molar-refractivity contribution in [1.82, 2.24) is 4.90 Å². The van der Waals surface area contributed by atoms with E-state index in [2.05, 4.69) is 39.8 Å². The van der Waals surface area contributed by atoms with Gasteiger partial charge in [-0.2, -0.15) is 0 Å². The standard InChI is InChI=1S/C18H28BNO4S/c1-16(2,3)22-15(21)20-10-12(11-20)13-8-9-14(25-13)19-23-17(4,5)18(6,7)24-19/h8-9,12H,10-11H2,1-7H3. The third-order valence-electron chi connectivity index (χ3n) is 5.07. The van der Waals surface area contributed by atoms with E-state index >= 15 is 0 Å². The second-order valence-electron chi connectivity index (χ2n) is 8.91. The van der Waals surface area contributed by atoms with Crippen molar-refractivity contribution in [1.29, 1.82) is 0 Å². The van der Waals surface area contributed by atoms with Crippen LogP contribution in [-0.2, 0) is 14.0 Å². The van der Waals surface area contributed by atoms with E-state index in [1.54, 1.807) is 16.2 Å². The zero-order valence-electron chi connectivity index (χ0n) is 16.2. The Hall–Kier alpha value is -1.05. The van der Waals surface area contributed by atoms with Crippen molar-refractivity contribution in [2.45, 2.75) is 71.2 Å². The van der Waals surface area contributed by atoms with Crippen LogP contribution in [0.15, 0.2) is 12.1 Å². The highest BCUT2D eigenvalue weighted by Crippen LogP contribution is 2.38. The molecule has 0 N–H and O–H groups in total. The first-order valence-corrected chi connectivity index (χ1v) is 9.63. The number of rotatable bonds is 2. The summed E-state index contributed by atoms with van der Waals surface area (Å²) in [5.41, 5.74) is -1.10. The molecule has 138 valence electrons. The Kier molecular flexibility index (Phi) is 4.49. The number of amides is 1. The highest BCUT2D eigenvalue weighted by Gasteiger charge is 2.52. The highest BCUT2D eigenvalue weighted by molar-refractivity contribution is 7.22. The minimum Gasteiger partial charge on any atom is -0.444 e. The van der Waals surface area contributed by atoms with Gasteiger partial charge < -0.3 is 18.9 Å². The van der Waals surface area contributed by atoms with Crippen molar-refractivity contribution in [2.75, 3.05) is 13.1 Å². The average Bonchev–Trinajstić information content (AvgIpc) is 2.89. The van der Waals surface area contributed by atoms with Crippen LogP contribution in [0.2, 0.25) is 0 Å². The molecule has 0 atom stereocenters. The number of likely N-dealkylation sites (tertiary alicyclic amines) is 1. The molecule has 1 aromatic heterocycles. The summed E-state index contributed by atoms with van der Waals surface area (Å²) in [5.74, 6) is 0.369. The van der Waals surface area contributed by atoms with Crippen molar-refractivity contribution >= 4 is 29.3 Å². The van der Waals surface area contributed by atoms with Gasteiger partial charge in [-0.25, -0.2) is 4.79 Å². The summed E-state index contributed by atoms with van der Waals surface area (Å²) in [4.78, 5) is 15.1. The van der Waals surface area contributed by atoms with E-state index in [-0.39, 0.29) is 24.4 Å². The lowest BCUT2D eigenvalue weighted by Gasteiger charge is -2.39. The fourth-order valence-corrected chi connectivity index (χ4v) is 3.86. The lowest BCUT2D eigenvalue weighted by Crippen LogP contribution is -2.50. The van der Waals surface area contributed by atoms with Crippen LogP contribution in [0, 0.1) is 0 Å². The number of nitrogens with zero attached hydrogens (tertiary/aromatic N) is 1. The first-order chi connectivity index (χ1) is 11.4. The molecule has 0 radical (unpaired) electrons. The van der Waals surface area contributed by atoms with Gasteiger partial charge in [-0.1, -0.05) is 6.07 Å². The third-order valence-corrected chi connectivity index (χ3v) is 6.34. The summed E-state index contributed by atoms with van der Waals surface area (Å²) in [5, 5.41) is 0. The maximum absolute atomic E-state index is 12.0. The van der Waals surface area contributed by atoms with Crippen LogP contribution in [0.1, 0.15) is 59.3 Å². The quantitative estimate of drug-likeness (QED) is 0.754.